The lowest BCUT2D eigenvalue weighted by molar-refractivity contribution is 0.0697. The number of carboxylic acids is 1. The number of anilines is 1. The molecule has 2 atom stereocenters. The Balaban J connectivity index is 2.16. The van der Waals surface area contributed by atoms with Gasteiger partial charge in [-0.25, -0.2) is 4.79 Å². The van der Waals surface area contributed by atoms with Crippen molar-refractivity contribution in [2.45, 2.75) is 38.8 Å². The topological polar surface area (TPSA) is 58.6 Å². The van der Waals surface area contributed by atoms with Crippen molar-refractivity contribution in [3.05, 3.63) is 29.3 Å². The van der Waals surface area contributed by atoms with Crippen molar-refractivity contribution in [2.24, 2.45) is 0 Å². The van der Waals surface area contributed by atoms with Crippen LogP contribution < -0.4 is 5.32 Å². The Kier molecular flexibility index (Phi) is 3.87. The standard InChI is InChI=1S/C14H19NO3/c1-9-5-6-11(14(16)17)12(8-9)15-10(2)13-4-3-7-18-13/h5-6,8,10,13,15H,3-4,7H2,1-2H3,(H,16,17). The van der Waals surface area contributed by atoms with Crippen molar-refractivity contribution >= 4 is 11.7 Å². The lowest BCUT2D eigenvalue weighted by Crippen LogP contribution is -2.30. The number of aromatic carboxylic acids is 1. The SMILES string of the molecule is Cc1ccc(C(=O)O)c(NC(C)C2CCCO2)c1. The third-order valence-electron chi connectivity index (χ3n) is 3.31. The van der Waals surface area contributed by atoms with E-state index in [1.54, 1.807) is 6.07 Å². The zero-order valence-electron chi connectivity index (χ0n) is 10.8. The zero-order valence-corrected chi connectivity index (χ0v) is 10.8. The highest BCUT2D eigenvalue weighted by Crippen LogP contribution is 2.22. The number of rotatable bonds is 4. The first-order chi connectivity index (χ1) is 8.58. The van der Waals surface area contributed by atoms with Crippen LogP contribution >= 0.6 is 0 Å². The molecule has 2 unspecified atom stereocenters. The van der Waals surface area contributed by atoms with E-state index >= 15 is 0 Å². The van der Waals surface area contributed by atoms with Crippen molar-refractivity contribution in [1.82, 2.24) is 0 Å². The Hall–Kier alpha value is -1.55. The van der Waals surface area contributed by atoms with Crippen LogP contribution in [0.1, 0.15) is 35.7 Å². The molecule has 0 aliphatic carbocycles. The number of hydrogen-bond acceptors (Lipinski definition) is 3. The van der Waals surface area contributed by atoms with Crippen LogP contribution in [-0.2, 0) is 4.74 Å². The van der Waals surface area contributed by atoms with E-state index in [1.165, 1.54) is 0 Å². The average Bonchev–Trinajstić information content (AvgIpc) is 2.81. The first-order valence-electron chi connectivity index (χ1n) is 6.30. The van der Waals surface area contributed by atoms with Gasteiger partial charge in [0.15, 0.2) is 0 Å². The largest absolute Gasteiger partial charge is 0.478 e. The summed E-state index contributed by atoms with van der Waals surface area (Å²) in [5.41, 5.74) is 2.03. The summed E-state index contributed by atoms with van der Waals surface area (Å²) in [4.78, 5) is 11.2. The van der Waals surface area contributed by atoms with E-state index in [2.05, 4.69) is 5.32 Å². The number of benzene rings is 1. The van der Waals surface area contributed by atoms with Crippen LogP contribution in [0.4, 0.5) is 5.69 Å². The molecular weight excluding hydrogens is 230 g/mol. The minimum atomic E-state index is -0.906. The van der Waals surface area contributed by atoms with Crippen LogP contribution in [0.3, 0.4) is 0 Å². The van der Waals surface area contributed by atoms with E-state index in [0.717, 1.165) is 25.0 Å². The van der Waals surface area contributed by atoms with E-state index < -0.39 is 5.97 Å². The van der Waals surface area contributed by atoms with Gasteiger partial charge < -0.3 is 15.2 Å². The first-order valence-corrected chi connectivity index (χ1v) is 6.30. The Morgan fingerprint density at radius 3 is 2.94 bits per heavy atom. The summed E-state index contributed by atoms with van der Waals surface area (Å²) in [6, 6.07) is 5.44. The van der Waals surface area contributed by atoms with E-state index in [1.807, 2.05) is 26.0 Å². The van der Waals surface area contributed by atoms with Gasteiger partial charge in [-0.05, 0) is 44.4 Å². The highest BCUT2D eigenvalue weighted by atomic mass is 16.5. The van der Waals surface area contributed by atoms with Gasteiger partial charge in [0.2, 0.25) is 0 Å². The summed E-state index contributed by atoms with van der Waals surface area (Å²) in [6.07, 6.45) is 2.28. The van der Waals surface area contributed by atoms with Gasteiger partial charge >= 0.3 is 5.97 Å². The lowest BCUT2D eigenvalue weighted by Gasteiger charge is -2.22. The quantitative estimate of drug-likeness (QED) is 0.861. The number of ether oxygens (including phenoxy) is 1. The first kappa shape index (κ1) is 12.9. The number of nitrogens with one attached hydrogen (secondary N) is 1. The van der Waals surface area contributed by atoms with Crippen LogP contribution in [-0.4, -0.2) is 29.8 Å². The third-order valence-corrected chi connectivity index (χ3v) is 3.31. The number of carbonyl (C=O) groups is 1. The van der Waals surface area contributed by atoms with Crippen LogP contribution in [0.5, 0.6) is 0 Å². The second kappa shape index (κ2) is 5.40. The van der Waals surface area contributed by atoms with Gasteiger partial charge in [-0.15, -0.1) is 0 Å². The number of hydrogen-bond donors (Lipinski definition) is 2. The predicted molar refractivity (Wildman–Crippen MR) is 70.2 cm³/mol. The summed E-state index contributed by atoms with van der Waals surface area (Å²) in [5.74, 6) is -0.906. The van der Waals surface area contributed by atoms with Crippen molar-refractivity contribution < 1.29 is 14.6 Å². The Morgan fingerprint density at radius 2 is 2.33 bits per heavy atom. The summed E-state index contributed by atoms with van der Waals surface area (Å²) in [6.45, 7) is 4.79. The fraction of sp³-hybridized carbons (Fsp3) is 0.500. The third kappa shape index (κ3) is 2.82. The van der Waals surface area contributed by atoms with Crippen molar-refractivity contribution in [2.75, 3.05) is 11.9 Å². The van der Waals surface area contributed by atoms with Gasteiger partial charge in [-0.3, -0.25) is 0 Å². The molecule has 1 aromatic carbocycles. The summed E-state index contributed by atoms with van der Waals surface area (Å²) < 4.78 is 5.61. The van der Waals surface area contributed by atoms with Crippen molar-refractivity contribution in [3.8, 4) is 0 Å². The maximum Gasteiger partial charge on any atom is 0.337 e. The second-order valence-corrected chi connectivity index (χ2v) is 4.84. The van der Waals surface area contributed by atoms with Crippen LogP contribution in [0, 0.1) is 6.92 Å². The monoisotopic (exact) mass is 249 g/mol. The Morgan fingerprint density at radius 1 is 1.56 bits per heavy atom. The molecule has 4 heteroatoms. The zero-order chi connectivity index (χ0) is 13.1. The summed E-state index contributed by atoms with van der Waals surface area (Å²) in [5, 5.41) is 12.4. The van der Waals surface area contributed by atoms with E-state index in [0.29, 0.717) is 11.3 Å². The fourth-order valence-corrected chi connectivity index (χ4v) is 2.30. The van der Waals surface area contributed by atoms with E-state index in [-0.39, 0.29) is 12.1 Å². The van der Waals surface area contributed by atoms with Gasteiger partial charge in [0.1, 0.15) is 0 Å². The molecule has 1 aliphatic heterocycles. The summed E-state index contributed by atoms with van der Waals surface area (Å²) in [7, 11) is 0. The molecule has 98 valence electrons. The highest BCUT2D eigenvalue weighted by Gasteiger charge is 2.23. The van der Waals surface area contributed by atoms with E-state index in [4.69, 9.17) is 9.84 Å². The summed E-state index contributed by atoms with van der Waals surface area (Å²) >= 11 is 0. The van der Waals surface area contributed by atoms with Gasteiger partial charge in [-0.1, -0.05) is 6.07 Å². The molecule has 2 N–H and O–H groups in total. The number of carboxylic acid groups (broad SMARTS) is 1. The molecule has 4 nitrogen and oxygen atoms in total. The molecule has 18 heavy (non-hydrogen) atoms. The molecule has 1 fully saturated rings. The second-order valence-electron chi connectivity index (χ2n) is 4.84. The Labute approximate surface area is 107 Å². The maximum atomic E-state index is 11.2. The molecular formula is C14H19NO3. The molecule has 0 bridgehead atoms. The maximum absolute atomic E-state index is 11.2. The predicted octanol–water partition coefficient (Wildman–Crippen LogP) is 2.67. The minimum Gasteiger partial charge on any atom is -0.478 e. The molecule has 1 saturated heterocycles. The average molecular weight is 249 g/mol. The smallest absolute Gasteiger partial charge is 0.337 e. The van der Waals surface area contributed by atoms with Gasteiger partial charge in [0.05, 0.1) is 11.7 Å². The van der Waals surface area contributed by atoms with Crippen LogP contribution in [0.2, 0.25) is 0 Å². The highest BCUT2D eigenvalue weighted by molar-refractivity contribution is 5.94. The van der Waals surface area contributed by atoms with Gasteiger partial charge in [0.25, 0.3) is 0 Å². The van der Waals surface area contributed by atoms with Crippen LogP contribution in [0.25, 0.3) is 0 Å². The van der Waals surface area contributed by atoms with E-state index in [9.17, 15) is 4.79 Å². The minimum absolute atomic E-state index is 0.118. The van der Waals surface area contributed by atoms with Crippen LogP contribution in [0.15, 0.2) is 18.2 Å². The van der Waals surface area contributed by atoms with Crippen molar-refractivity contribution in [3.63, 3.8) is 0 Å². The molecule has 0 aromatic heterocycles. The molecule has 0 amide bonds. The van der Waals surface area contributed by atoms with Gasteiger partial charge in [0, 0.05) is 18.3 Å². The molecule has 1 aromatic rings. The Bertz CT molecular complexity index is 439. The number of aryl methyl sites for hydroxylation is 1. The normalized spacial score (nSPS) is 20.7. The molecule has 2 rings (SSSR count). The molecule has 1 aliphatic rings. The fourth-order valence-electron chi connectivity index (χ4n) is 2.30. The van der Waals surface area contributed by atoms with Crippen molar-refractivity contribution in [1.29, 1.82) is 0 Å². The van der Waals surface area contributed by atoms with Gasteiger partial charge in [-0.2, -0.15) is 0 Å². The molecule has 0 radical (unpaired) electrons. The molecule has 0 saturated carbocycles. The lowest BCUT2D eigenvalue weighted by atomic mass is 10.1. The molecule has 1 heterocycles. The molecule has 0 spiro atoms.